The molecule has 1 aliphatic rings. The highest BCUT2D eigenvalue weighted by molar-refractivity contribution is 5.74. The van der Waals surface area contributed by atoms with E-state index in [9.17, 15) is 18.0 Å². The summed E-state index contributed by atoms with van der Waals surface area (Å²) in [4.78, 5) is 15.0. The summed E-state index contributed by atoms with van der Waals surface area (Å²) in [6, 6.07) is 3.29. The number of nitrogens with one attached hydrogen (secondary N) is 1. The number of halogens is 3. The van der Waals surface area contributed by atoms with Crippen molar-refractivity contribution in [1.29, 1.82) is 0 Å². The summed E-state index contributed by atoms with van der Waals surface area (Å²) in [5, 5.41) is 2.80. The molecule has 1 aromatic rings. The van der Waals surface area contributed by atoms with Gasteiger partial charge in [-0.05, 0) is 19.1 Å². The van der Waals surface area contributed by atoms with Crippen LogP contribution in [-0.4, -0.2) is 65.3 Å². The zero-order valence-corrected chi connectivity index (χ0v) is 12.5. The van der Waals surface area contributed by atoms with Crippen molar-refractivity contribution in [2.45, 2.75) is 25.7 Å². The molecule has 0 unspecified atom stereocenters. The minimum Gasteiger partial charge on any atom is -0.353 e. The van der Waals surface area contributed by atoms with Gasteiger partial charge in [0.1, 0.15) is 0 Å². The standard InChI is InChI=1S/C14H21F3N4O/c1-12-10-20(8-9-21(12)11-14(15,16)17)13(22)18-4-7-19-5-2-3-6-19/h2-3,5-6,12H,4,7-11H2,1H3,(H,18,22)/t12-/m0/s1. The maximum Gasteiger partial charge on any atom is 0.401 e. The summed E-state index contributed by atoms with van der Waals surface area (Å²) in [6.45, 7) is 2.82. The molecule has 5 nitrogen and oxygen atoms in total. The summed E-state index contributed by atoms with van der Waals surface area (Å²) in [6.07, 6.45) is -0.385. The van der Waals surface area contributed by atoms with E-state index in [-0.39, 0.29) is 18.6 Å². The monoisotopic (exact) mass is 318 g/mol. The minimum atomic E-state index is -4.20. The summed E-state index contributed by atoms with van der Waals surface area (Å²) in [5.74, 6) is 0. The molecule has 0 radical (unpaired) electrons. The molecule has 1 atom stereocenters. The van der Waals surface area contributed by atoms with Gasteiger partial charge in [-0.25, -0.2) is 4.79 Å². The first kappa shape index (κ1) is 16.7. The Kier molecular flexibility index (Phi) is 5.33. The number of amides is 2. The Labute approximate surface area is 127 Å². The van der Waals surface area contributed by atoms with Gasteiger partial charge >= 0.3 is 12.2 Å². The molecule has 0 spiro atoms. The van der Waals surface area contributed by atoms with Crippen LogP contribution in [0.2, 0.25) is 0 Å². The molecule has 1 saturated heterocycles. The lowest BCUT2D eigenvalue weighted by Crippen LogP contribution is -2.57. The second-order valence-corrected chi connectivity index (χ2v) is 5.53. The number of aromatic nitrogens is 1. The van der Waals surface area contributed by atoms with Crippen molar-refractivity contribution in [2.24, 2.45) is 0 Å². The van der Waals surface area contributed by atoms with Gasteiger partial charge in [-0.15, -0.1) is 0 Å². The van der Waals surface area contributed by atoms with Crippen LogP contribution >= 0.6 is 0 Å². The molecule has 0 aliphatic carbocycles. The van der Waals surface area contributed by atoms with Crippen molar-refractivity contribution in [3.63, 3.8) is 0 Å². The van der Waals surface area contributed by atoms with Gasteiger partial charge in [0.15, 0.2) is 0 Å². The number of alkyl halides is 3. The van der Waals surface area contributed by atoms with Crippen molar-refractivity contribution >= 4 is 6.03 Å². The molecule has 1 N–H and O–H groups in total. The summed E-state index contributed by atoms with van der Waals surface area (Å²) < 4.78 is 39.2. The van der Waals surface area contributed by atoms with Crippen LogP contribution in [0.1, 0.15) is 6.92 Å². The molecule has 0 bridgehead atoms. The third-order valence-corrected chi connectivity index (χ3v) is 3.75. The van der Waals surface area contributed by atoms with Gasteiger partial charge < -0.3 is 14.8 Å². The number of urea groups is 1. The maximum absolute atomic E-state index is 12.4. The van der Waals surface area contributed by atoms with Crippen LogP contribution in [0, 0.1) is 0 Å². The van der Waals surface area contributed by atoms with Crippen LogP contribution in [-0.2, 0) is 6.54 Å². The fourth-order valence-corrected chi connectivity index (χ4v) is 2.57. The van der Waals surface area contributed by atoms with Crippen LogP contribution in [0.25, 0.3) is 0 Å². The number of carbonyl (C=O) groups is 1. The normalized spacial score (nSPS) is 20.2. The number of hydrogen-bond donors (Lipinski definition) is 1. The third-order valence-electron chi connectivity index (χ3n) is 3.75. The number of hydrogen-bond acceptors (Lipinski definition) is 2. The zero-order chi connectivity index (χ0) is 16.2. The zero-order valence-electron chi connectivity index (χ0n) is 12.5. The Bertz CT molecular complexity index is 475. The van der Waals surface area contributed by atoms with E-state index in [4.69, 9.17) is 0 Å². The van der Waals surface area contributed by atoms with Gasteiger partial charge in [-0.2, -0.15) is 13.2 Å². The molecule has 8 heteroatoms. The predicted molar refractivity (Wildman–Crippen MR) is 76.5 cm³/mol. The molecular weight excluding hydrogens is 297 g/mol. The second kappa shape index (κ2) is 7.04. The van der Waals surface area contributed by atoms with Crippen molar-refractivity contribution in [1.82, 2.24) is 19.7 Å². The van der Waals surface area contributed by atoms with Crippen molar-refractivity contribution < 1.29 is 18.0 Å². The lowest BCUT2D eigenvalue weighted by atomic mass is 10.2. The largest absolute Gasteiger partial charge is 0.401 e. The highest BCUT2D eigenvalue weighted by Crippen LogP contribution is 2.20. The van der Waals surface area contributed by atoms with E-state index in [1.54, 1.807) is 11.8 Å². The molecule has 22 heavy (non-hydrogen) atoms. The van der Waals surface area contributed by atoms with E-state index >= 15 is 0 Å². The molecule has 2 heterocycles. The van der Waals surface area contributed by atoms with Gasteiger partial charge in [0, 0.05) is 51.2 Å². The van der Waals surface area contributed by atoms with Crippen molar-refractivity contribution in [3.8, 4) is 0 Å². The minimum absolute atomic E-state index is 0.217. The highest BCUT2D eigenvalue weighted by Gasteiger charge is 2.35. The summed E-state index contributed by atoms with van der Waals surface area (Å²) >= 11 is 0. The SMILES string of the molecule is C[C@H]1CN(C(=O)NCCn2cccc2)CCN1CC(F)(F)F. The van der Waals surface area contributed by atoms with Crippen molar-refractivity contribution in [2.75, 3.05) is 32.7 Å². The number of carbonyl (C=O) groups excluding carboxylic acids is 1. The van der Waals surface area contributed by atoms with Gasteiger partial charge in [0.25, 0.3) is 0 Å². The smallest absolute Gasteiger partial charge is 0.353 e. The molecule has 2 rings (SSSR count). The van der Waals surface area contributed by atoms with Gasteiger partial charge in [-0.3, -0.25) is 4.90 Å². The van der Waals surface area contributed by atoms with E-state index in [0.717, 1.165) is 0 Å². The van der Waals surface area contributed by atoms with Crippen molar-refractivity contribution in [3.05, 3.63) is 24.5 Å². The first-order chi connectivity index (χ1) is 10.3. The van der Waals surface area contributed by atoms with Crippen LogP contribution in [0.3, 0.4) is 0 Å². The summed E-state index contributed by atoms with van der Waals surface area (Å²) in [7, 11) is 0. The van der Waals surface area contributed by atoms with E-state index in [0.29, 0.717) is 26.2 Å². The lowest BCUT2D eigenvalue weighted by Gasteiger charge is -2.39. The third kappa shape index (κ3) is 4.94. The molecule has 0 saturated carbocycles. The lowest BCUT2D eigenvalue weighted by molar-refractivity contribution is -0.153. The molecule has 1 aromatic heterocycles. The molecule has 1 aliphatic heterocycles. The van der Waals surface area contributed by atoms with Gasteiger partial charge in [0.05, 0.1) is 6.54 Å². The Hall–Kier alpha value is -1.70. The quantitative estimate of drug-likeness (QED) is 0.919. The van der Waals surface area contributed by atoms with E-state index in [1.165, 1.54) is 4.90 Å². The van der Waals surface area contributed by atoms with E-state index in [1.807, 2.05) is 29.1 Å². The van der Waals surface area contributed by atoms with E-state index in [2.05, 4.69) is 5.32 Å². The fourth-order valence-electron chi connectivity index (χ4n) is 2.57. The van der Waals surface area contributed by atoms with Gasteiger partial charge in [-0.1, -0.05) is 0 Å². The Balaban J connectivity index is 1.73. The average Bonchev–Trinajstić information content (AvgIpc) is 2.92. The average molecular weight is 318 g/mol. The number of nitrogens with zero attached hydrogens (tertiary/aromatic N) is 3. The number of piperazine rings is 1. The Morgan fingerprint density at radius 3 is 2.55 bits per heavy atom. The van der Waals surface area contributed by atoms with E-state index < -0.39 is 12.7 Å². The van der Waals surface area contributed by atoms with Crippen LogP contribution in [0.4, 0.5) is 18.0 Å². The van der Waals surface area contributed by atoms with Crippen LogP contribution < -0.4 is 5.32 Å². The molecule has 0 aromatic carbocycles. The molecular formula is C14H21F3N4O. The number of rotatable bonds is 4. The molecule has 2 amide bonds. The summed E-state index contributed by atoms with van der Waals surface area (Å²) in [5.41, 5.74) is 0. The second-order valence-electron chi connectivity index (χ2n) is 5.53. The first-order valence-corrected chi connectivity index (χ1v) is 7.29. The van der Waals surface area contributed by atoms with Gasteiger partial charge in [0.2, 0.25) is 0 Å². The highest BCUT2D eigenvalue weighted by atomic mass is 19.4. The van der Waals surface area contributed by atoms with Crippen LogP contribution in [0.5, 0.6) is 0 Å². The Morgan fingerprint density at radius 2 is 1.95 bits per heavy atom. The maximum atomic E-state index is 12.4. The topological polar surface area (TPSA) is 40.5 Å². The first-order valence-electron chi connectivity index (χ1n) is 7.29. The molecule has 1 fully saturated rings. The predicted octanol–water partition coefficient (Wildman–Crippen LogP) is 1.77. The fraction of sp³-hybridized carbons (Fsp3) is 0.643. The Morgan fingerprint density at radius 1 is 1.27 bits per heavy atom. The molecule has 124 valence electrons. The van der Waals surface area contributed by atoms with Crippen LogP contribution in [0.15, 0.2) is 24.5 Å².